The second-order valence-corrected chi connectivity index (χ2v) is 6.23. The van der Waals surface area contributed by atoms with Crippen LogP contribution in [0.1, 0.15) is 49.5 Å². The molecule has 2 rings (SSSR count). The predicted molar refractivity (Wildman–Crippen MR) is 80.3 cm³/mol. The van der Waals surface area contributed by atoms with E-state index in [9.17, 15) is 5.11 Å². The number of likely N-dealkylation sites (tertiary alicyclic amines) is 1. The maximum Gasteiger partial charge on any atom is 0.0919 e. The van der Waals surface area contributed by atoms with Crippen molar-refractivity contribution in [1.29, 1.82) is 0 Å². The molecule has 0 amide bonds. The van der Waals surface area contributed by atoms with Gasteiger partial charge in [-0.1, -0.05) is 30.7 Å². The fraction of sp³-hybridized carbons (Fsp3) is 0.647. The number of hydrogen-bond acceptors (Lipinski definition) is 2. The van der Waals surface area contributed by atoms with Crippen molar-refractivity contribution in [3.8, 4) is 0 Å². The van der Waals surface area contributed by atoms with Crippen LogP contribution in [0.3, 0.4) is 0 Å². The van der Waals surface area contributed by atoms with Crippen LogP contribution in [0.15, 0.2) is 18.2 Å². The highest BCUT2D eigenvalue weighted by Gasteiger charge is 2.26. The molecule has 3 unspecified atom stereocenters. The first-order valence-corrected chi connectivity index (χ1v) is 7.48. The van der Waals surface area contributed by atoms with E-state index in [1.165, 1.54) is 24.0 Å². The van der Waals surface area contributed by atoms with Crippen LogP contribution in [-0.2, 0) is 0 Å². The van der Waals surface area contributed by atoms with Gasteiger partial charge in [0.05, 0.1) is 6.10 Å². The molecule has 1 aromatic rings. The van der Waals surface area contributed by atoms with Gasteiger partial charge in [0.2, 0.25) is 0 Å². The molecule has 0 saturated carbocycles. The summed E-state index contributed by atoms with van der Waals surface area (Å²) in [5, 5.41) is 10.5. The number of aliphatic hydroxyl groups is 1. The van der Waals surface area contributed by atoms with Crippen molar-refractivity contribution >= 4 is 0 Å². The Balaban J connectivity index is 2.05. The molecule has 1 aliphatic rings. The lowest BCUT2D eigenvalue weighted by Crippen LogP contribution is -2.44. The fourth-order valence-corrected chi connectivity index (χ4v) is 3.20. The largest absolute Gasteiger partial charge is 0.387 e. The third kappa shape index (κ3) is 3.37. The normalized spacial score (nSPS) is 26.4. The third-order valence-corrected chi connectivity index (χ3v) is 4.70. The first-order valence-electron chi connectivity index (χ1n) is 7.48. The number of nitrogens with zero attached hydrogens (tertiary/aromatic N) is 1. The molecule has 0 bridgehead atoms. The van der Waals surface area contributed by atoms with Gasteiger partial charge in [-0.25, -0.2) is 0 Å². The maximum absolute atomic E-state index is 10.5. The highest BCUT2D eigenvalue weighted by molar-refractivity contribution is 5.32. The molecule has 3 atom stereocenters. The van der Waals surface area contributed by atoms with Crippen LogP contribution in [0, 0.1) is 19.8 Å². The minimum Gasteiger partial charge on any atom is -0.387 e. The van der Waals surface area contributed by atoms with Crippen molar-refractivity contribution in [2.45, 2.75) is 52.7 Å². The Labute approximate surface area is 117 Å². The topological polar surface area (TPSA) is 23.5 Å². The molecule has 0 aromatic heterocycles. The zero-order valence-corrected chi connectivity index (χ0v) is 12.7. The van der Waals surface area contributed by atoms with Crippen LogP contribution in [0.25, 0.3) is 0 Å². The molecule has 2 nitrogen and oxygen atoms in total. The summed E-state index contributed by atoms with van der Waals surface area (Å²) in [7, 11) is 0. The Bertz CT molecular complexity index is 429. The molecular formula is C17H27NO. The number of rotatable bonds is 3. The lowest BCUT2D eigenvalue weighted by atomic mass is 9.91. The van der Waals surface area contributed by atoms with Gasteiger partial charge in [-0.2, -0.15) is 0 Å². The van der Waals surface area contributed by atoms with Gasteiger partial charge in [0.25, 0.3) is 0 Å². The molecule has 0 aliphatic carbocycles. The number of benzene rings is 1. The van der Waals surface area contributed by atoms with E-state index in [2.05, 4.69) is 50.8 Å². The molecule has 0 spiro atoms. The number of β-amino-alcohol motifs (C(OH)–C–C–N with tert-alkyl or cyclic N) is 1. The minimum atomic E-state index is -0.367. The highest BCUT2D eigenvalue weighted by atomic mass is 16.3. The second-order valence-electron chi connectivity index (χ2n) is 6.23. The van der Waals surface area contributed by atoms with Crippen LogP contribution in [0.2, 0.25) is 0 Å². The molecule has 1 heterocycles. The minimum absolute atomic E-state index is 0.367. The Morgan fingerprint density at radius 2 is 2.05 bits per heavy atom. The standard InChI is InChI=1S/C17H27NO/c1-12-7-8-16(14(3)10-12)17(19)11-18-9-5-6-13(2)15(18)4/h7-8,10,13,15,17,19H,5-6,9,11H2,1-4H3. The van der Waals surface area contributed by atoms with Crippen molar-refractivity contribution in [2.24, 2.45) is 5.92 Å². The van der Waals surface area contributed by atoms with Crippen molar-refractivity contribution in [3.05, 3.63) is 34.9 Å². The summed E-state index contributed by atoms with van der Waals surface area (Å²) in [6.07, 6.45) is 2.20. The zero-order chi connectivity index (χ0) is 14.0. The van der Waals surface area contributed by atoms with Crippen molar-refractivity contribution in [2.75, 3.05) is 13.1 Å². The quantitative estimate of drug-likeness (QED) is 0.900. The van der Waals surface area contributed by atoms with Gasteiger partial charge in [-0.15, -0.1) is 0 Å². The van der Waals surface area contributed by atoms with Gasteiger partial charge >= 0.3 is 0 Å². The van der Waals surface area contributed by atoms with E-state index in [0.29, 0.717) is 6.04 Å². The summed E-state index contributed by atoms with van der Waals surface area (Å²) in [6.45, 7) is 10.7. The molecule has 1 fully saturated rings. The molecule has 1 saturated heterocycles. The Hall–Kier alpha value is -0.860. The fourth-order valence-electron chi connectivity index (χ4n) is 3.20. The van der Waals surface area contributed by atoms with Gasteiger partial charge in [0.15, 0.2) is 0 Å². The lowest BCUT2D eigenvalue weighted by Gasteiger charge is -2.39. The predicted octanol–water partition coefficient (Wildman–Crippen LogP) is 3.46. The van der Waals surface area contributed by atoms with E-state index in [0.717, 1.165) is 24.6 Å². The molecule has 1 N–H and O–H groups in total. The van der Waals surface area contributed by atoms with Crippen molar-refractivity contribution in [3.63, 3.8) is 0 Å². The molecule has 0 radical (unpaired) electrons. The van der Waals surface area contributed by atoms with Crippen LogP contribution in [-0.4, -0.2) is 29.1 Å². The average Bonchev–Trinajstić information content (AvgIpc) is 2.34. The van der Waals surface area contributed by atoms with Gasteiger partial charge in [-0.3, -0.25) is 4.90 Å². The Morgan fingerprint density at radius 1 is 1.32 bits per heavy atom. The summed E-state index contributed by atoms with van der Waals surface area (Å²) in [5.41, 5.74) is 3.54. The van der Waals surface area contributed by atoms with Crippen LogP contribution in [0.4, 0.5) is 0 Å². The Kier molecular flexibility index (Phi) is 4.64. The lowest BCUT2D eigenvalue weighted by molar-refractivity contribution is 0.0510. The van der Waals surface area contributed by atoms with E-state index in [4.69, 9.17) is 0 Å². The molecule has 2 heteroatoms. The SMILES string of the molecule is Cc1ccc(C(O)CN2CCCC(C)C2C)c(C)c1. The number of aryl methyl sites for hydroxylation is 2. The number of aliphatic hydroxyl groups excluding tert-OH is 1. The van der Waals surface area contributed by atoms with Crippen LogP contribution >= 0.6 is 0 Å². The molecule has 1 aromatic carbocycles. The Morgan fingerprint density at radius 3 is 2.74 bits per heavy atom. The van der Waals surface area contributed by atoms with E-state index >= 15 is 0 Å². The summed E-state index contributed by atoms with van der Waals surface area (Å²) < 4.78 is 0. The van der Waals surface area contributed by atoms with E-state index in [1.807, 2.05) is 0 Å². The summed E-state index contributed by atoms with van der Waals surface area (Å²) >= 11 is 0. The molecule has 106 valence electrons. The first kappa shape index (κ1) is 14.5. The van der Waals surface area contributed by atoms with E-state index < -0.39 is 0 Å². The first-order chi connectivity index (χ1) is 8.99. The number of hydrogen-bond donors (Lipinski definition) is 1. The highest BCUT2D eigenvalue weighted by Crippen LogP contribution is 2.26. The van der Waals surface area contributed by atoms with Crippen molar-refractivity contribution < 1.29 is 5.11 Å². The molecule has 1 aliphatic heterocycles. The van der Waals surface area contributed by atoms with Crippen LogP contribution in [0.5, 0.6) is 0 Å². The van der Waals surface area contributed by atoms with Gasteiger partial charge in [-0.05, 0) is 57.2 Å². The van der Waals surface area contributed by atoms with Gasteiger partial charge in [0.1, 0.15) is 0 Å². The monoisotopic (exact) mass is 261 g/mol. The van der Waals surface area contributed by atoms with Crippen molar-refractivity contribution in [1.82, 2.24) is 4.90 Å². The zero-order valence-electron chi connectivity index (χ0n) is 12.7. The van der Waals surface area contributed by atoms with Gasteiger partial charge < -0.3 is 5.11 Å². The smallest absolute Gasteiger partial charge is 0.0919 e. The molecule has 19 heavy (non-hydrogen) atoms. The molecular weight excluding hydrogens is 234 g/mol. The third-order valence-electron chi connectivity index (χ3n) is 4.70. The maximum atomic E-state index is 10.5. The number of piperidine rings is 1. The summed E-state index contributed by atoms with van der Waals surface area (Å²) in [4.78, 5) is 2.44. The second kappa shape index (κ2) is 6.06. The van der Waals surface area contributed by atoms with Crippen LogP contribution < -0.4 is 0 Å². The summed E-state index contributed by atoms with van der Waals surface area (Å²) in [6, 6.07) is 6.90. The van der Waals surface area contributed by atoms with Gasteiger partial charge in [0, 0.05) is 12.6 Å². The average molecular weight is 261 g/mol. The summed E-state index contributed by atoms with van der Waals surface area (Å²) in [5.74, 6) is 0.736. The van der Waals surface area contributed by atoms with E-state index in [-0.39, 0.29) is 6.10 Å². The van der Waals surface area contributed by atoms with E-state index in [1.54, 1.807) is 0 Å².